The number of anilines is 1. The summed E-state index contributed by atoms with van der Waals surface area (Å²) in [6.45, 7) is 0. The van der Waals surface area contributed by atoms with E-state index in [9.17, 15) is 8.42 Å². The Morgan fingerprint density at radius 2 is 2.06 bits per heavy atom. The van der Waals surface area contributed by atoms with E-state index in [0.717, 1.165) is 10.5 Å². The summed E-state index contributed by atoms with van der Waals surface area (Å²) in [6.07, 6.45) is 3.05. The van der Waals surface area contributed by atoms with Crippen molar-refractivity contribution >= 4 is 27.4 Å². The summed E-state index contributed by atoms with van der Waals surface area (Å²) in [5, 5.41) is 6.59. The Morgan fingerprint density at radius 1 is 1.33 bits per heavy atom. The van der Waals surface area contributed by atoms with Crippen LogP contribution < -0.4 is 5.73 Å². The standard InChI is InChI=1S/C11H13N3O2S2/c1-17-9-4-3-7(5-10(9)18(2,15)16)8-6-11(12)14-13-8/h3-6H,1-2H3,(H3,12,13,14). The molecule has 0 aliphatic heterocycles. The smallest absolute Gasteiger partial charge is 0.176 e. The number of nitrogens with two attached hydrogens (primary N) is 1. The van der Waals surface area contributed by atoms with E-state index in [1.807, 2.05) is 12.3 Å². The van der Waals surface area contributed by atoms with Crippen molar-refractivity contribution in [3.8, 4) is 11.3 Å². The lowest BCUT2D eigenvalue weighted by atomic mass is 10.1. The molecule has 0 saturated carbocycles. The first-order valence-corrected chi connectivity index (χ1v) is 8.23. The molecule has 5 nitrogen and oxygen atoms in total. The fourth-order valence-electron chi connectivity index (χ4n) is 1.62. The Bertz CT molecular complexity index is 677. The van der Waals surface area contributed by atoms with Crippen LogP contribution in [-0.4, -0.2) is 31.1 Å². The fourth-order valence-corrected chi connectivity index (χ4v) is 3.56. The predicted molar refractivity (Wildman–Crippen MR) is 73.3 cm³/mol. The zero-order valence-corrected chi connectivity index (χ0v) is 11.6. The minimum atomic E-state index is -3.26. The minimum Gasteiger partial charge on any atom is -0.382 e. The molecule has 0 unspecified atom stereocenters. The molecule has 2 aromatic rings. The molecule has 0 aliphatic rings. The Kier molecular flexibility index (Phi) is 3.36. The topological polar surface area (TPSA) is 88.8 Å². The molecule has 7 heteroatoms. The van der Waals surface area contributed by atoms with E-state index in [2.05, 4.69) is 10.2 Å². The molecular formula is C11H13N3O2S2. The number of benzene rings is 1. The summed E-state index contributed by atoms with van der Waals surface area (Å²) >= 11 is 1.40. The third-order valence-corrected chi connectivity index (χ3v) is 4.53. The minimum absolute atomic E-state index is 0.320. The van der Waals surface area contributed by atoms with Crippen molar-refractivity contribution in [3.63, 3.8) is 0 Å². The van der Waals surface area contributed by atoms with E-state index in [4.69, 9.17) is 5.73 Å². The maximum Gasteiger partial charge on any atom is 0.176 e. The van der Waals surface area contributed by atoms with Gasteiger partial charge in [0.05, 0.1) is 10.6 Å². The third kappa shape index (κ3) is 2.51. The highest BCUT2D eigenvalue weighted by atomic mass is 32.2. The number of hydrogen-bond acceptors (Lipinski definition) is 5. The highest BCUT2D eigenvalue weighted by Crippen LogP contribution is 2.29. The first-order valence-electron chi connectivity index (χ1n) is 5.11. The number of nitrogens with zero attached hydrogens (tertiary/aromatic N) is 1. The van der Waals surface area contributed by atoms with Gasteiger partial charge in [0.25, 0.3) is 0 Å². The second kappa shape index (κ2) is 4.66. The lowest BCUT2D eigenvalue weighted by Crippen LogP contribution is -1.99. The number of thioether (sulfide) groups is 1. The molecule has 0 amide bonds. The van der Waals surface area contributed by atoms with Crippen molar-refractivity contribution in [2.45, 2.75) is 9.79 Å². The number of aromatic nitrogens is 2. The molecule has 0 spiro atoms. The molecule has 0 radical (unpaired) electrons. The van der Waals surface area contributed by atoms with Crippen molar-refractivity contribution in [2.75, 3.05) is 18.2 Å². The average molecular weight is 283 g/mol. The molecule has 0 saturated heterocycles. The van der Waals surface area contributed by atoms with Crippen molar-refractivity contribution in [3.05, 3.63) is 24.3 Å². The average Bonchev–Trinajstić information content (AvgIpc) is 2.74. The quantitative estimate of drug-likeness (QED) is 0.838. The predicted octanol–water partition coefficient (Wildman–Crippen LogP) is 1.78. The second-order valence-corrected chi connectivity index (χ2v) is 6.68. The molecule has 1 heterocycles. The molecule has 2 rings (SSSR count). The van der Waals surface area contributed by atoms with Crippen LogP contribution in [0.4, 0.5) is 5.82 Å². The van der Waals surface area contributed by atoms with Crippen LogP contribution >= 0.6 is 11.8 Å². The molecule has 3 N–H and O–H groups in total. The summed E-state index contributed by atoms with van der Waals surface area (Å²) in [5.41, 5.74) is 6.98. The van der Waals surface area contributed by atoms with Crippen molar-refractivity contribution in [1.82, 2.24) is 10.2 Å². The number of aromatic amines is 1. The molecule has 0 aliphatic carbocycles. The van der Waals surface area contributed by atoms with Gasteiger partial charge < -0.3 is 5.73 Å². The Labute approximate surface area is 110 Å². The molecule has 1 aromatic carbocycles. The summed E-state index contributed by atoms with van der Waals surface area (Å²) in [7, 11) is -3.26. The maximum atomic E-state index is 11.7. The Morgan fingerprint density at radius 3 is 2.56 bits per heavy atom. The maximum absolute atomic E-state index is 11.7. The summed E-state index contributed by atoms with van der Waals surface area (Å²) in [6, 6.07) is 6.93. The molecule has 1 aromatic heterocycles. The lowest BCUT2D eigenvalue weighted by Gasteiger charge is -2.07. The highest BCUT2D eigenvalue weighted by molar-refractivity contribution is 7.99. The van der Waals surface area contributed by atoms with E-state index < -0.39 is 9.84 Å². The van der Waals surface area contributed by atoms with E-state index in [0.29, 0.717) is 16.4 Å². The molecule has 0 atom stereocenters. The SMILES string of the molecule is CSc1ccc(-c2cc(N)n[nH]2)cc1S(C)(=O)=O. The van der Waals surface area contributed by atoms with Gasteiger partial charge in [0.15, 0.2) is 9.84 Å². The highest BCUT2D eigenvalue weighted by Gasteiger charge is 2.14. The Balaban J connectivity index is 2.60. The van der Waals surface area contributed by atoms with Gasteiger partial charge in [-0.3, -0.25) is 5.10 Å². The Hall–Kier alpha value is -1.47. The van der Waals surface area contributed by atoms with Crippen LogP contribution in [0.5, 0.6) is 0 Å². The van der Waals surface area contributed by atoms with Crippen molar-refractivity contribution in [2.24, 2.45) is 0 Å². The van der Waals surface area contributed by atoms with Crippen molar-refractivity contribution < 1.29 is 8.42 Å². The zero-order chi connectivity index (χ0) is 13.3. The first kappa shape index (κ1) is 13.0. The van der Waals surface area contributed by atoms with Gasteiger partial charge in [0.1, 0.15) is 5.82 Å². The van der Waals surface area contributed by atoms with Gasteiger partial charge in [-0.2, -0.15) is 5.10 Å². The van der Waals surface area contributed by atoms with Gasteiger partial charge in [0, 0.05) is 22.8 Å². The monoisotopic (exact) mass is 283 g/mol. The largest absolute Gasteiger partial charge is 0.382 e. The number of nitrogens with one attached hydrogen (secondary N) is 1. The molecule has 18 heavy (non-hydrogen) atoms. The van der Waals surface area contributed by atoms with Crippen LogP contribution in [0.3, 0.4) is 0 Å². The van der Waals surface area contributed by atoms with Gasteiger partial charge in [-0.05, 0) is 18.4 Å². The number of H-pyrrole nitrogens is 1. The third-order valence-electron chi connectivity index (χ3n) is 2.47. The lowest BCUT2D eigenvalue weighted by molar-refractivity contribution is 0.600. The summed E-state index contributed by atoms with van der Waals surface area (Å²) in [4.78, 5) is 1.05. The van der Waals surface area contributed by atoms with Gasteiger partial charge in [0.2, 0.25) is 0 Å². The van der Waals surface area contributed by atoms with Crippen LogP contribution in [0.1, 0.15) is 0 Å². The summed E-state index contributed by atoms with van der Waals surface area (Å²) in [5.74, 6) is 0.375. The number of rotatable bonds is 3. The van der Waals surface area contributed by atoms with Gasteiger partial charge in [-0.1, -0.05) is 6.07 Å². The van der Waals surface area contributed by atoms with Crippen LogP contribution in [0.25, 0.3) is 11.3 Å². The molecule has 0 fully saturated rings. The van der Waals surface area contributed by atoms with E-state index >= 15 is 0 Å². The second-order valence-electron chi connectivity index (χ2n) is 3.84. The first-order chi connectivity index (χ1) is 8.41. The molecule has 96 valence electrons. The van der Waals surface area contributed by atoms with Gasteiger partial charge >= 0.3 is 0 Å². The van der Waals surface area contributed by atoms with Gasteiger partial charge in [-0.15, -0.1) is 11.8 Å². The van der Waals surface area contributed by atoms with Crippen LogP contribution in [0, 0.1) is 0 Å². The van der Waals surface area contributed by atoms with Crippen molar-refractivity contribution in [1.29, 1.82) is 0 Å². The van der Waals surface area contributed by atoms with Crippen LogP contribution in [0.15, 0.2) is 34.1 Å². The zero-order valence-electron chi connectivity index (χ0n) is 9.97. The normalized spacial score (nSPS) is 11.7. The van der Waals surface area contributed by atoms with Crippen LogP contribution in [0.2, 0.25) is 0 Å². The number of hydrogen-bond donors (Lipinski definition) is 2. The molecular weight excluding hydrogens is 270 g/mol. The number of sulfone groups is 1. The molecule has 0 bridgehead atoms. The van der Waals surface area contributed by atoms with E-state index in [1.165, 1.54) is 18.0 Å². The summed E-state index contributed by atoms with van der Waals surface area (Å²) < 4.78 is 23.5. The van der Waals surface area contributed by atoms with E-state index in [-0.39, 0.29) is 0 Å². The fraction of sp³-hybridized carbons (Fsp3) is 0.182. The van der Waals surface area contributed by atoms with Gasteiger partial charge in [-0.25, -0.2) is 8.42 Å². The van der Waals surface area contributed by atoms with E-state index in [1.54, 1.807) is 18.2 Å². The number of nitrogen functional groups attached to an aromatic ring is 1. The van der Waals surface area contributed by atoms with Crippen LogP contribution in [-0.2, 0) is 9.84 Å².